The lowest BCUT2D eigenvalue weighted by molar-refractivity contribution is 0.627. The largest absolute Gasteiger partial charge is 0.222 e. The molecular weight excluding hydrogens is 581 g/mol. The van der Waals surface area contributed by atoms with Gasteiger partial charge in [0.15, 0.2) is 10.3 Å². The van der Waals surface area contributed by atoms with E-state index in [0.717, 1.165) is 0 Å². The van der Waals surface area contributed by atoms with Crippen LogP contribution in [0.3, 0.4) is 0 Å². The normalized spacial score (nSPS) is 11.0. The third-order valence-corrected chi connectivity index (χ3v) is 8.05. The summed E-state index contributed by atoms with van der Waals surface area (Å²) in [6.45, 7) is 0. The molecule has 0 aliphatic rings. The minimum atomic E-state index is -0.369. The van der Waals surface area contributed by atoms with Crippen LogP contribution in [0.25, 0.3) is 45.0 Å². The van der Waals surface area contributed by atoms with Crippen molar-refractivity contribution in [3.05, 3.63) is 132 Å². The van der Waals surface area contributed by atoms with Crippen LogP contribution < -0.4 is 0 Å². The van der Waals surface area contributed by atoms with Gasteiger partial charge in [-0.1, -0.05) is 0 Å². The van der Waals surface area contributed by atoms with Gasteiger partial charge in [0.25, 0.3) is 0 Å². The first-order chi connectivity index (χ1) is 20.4. The molecule has 6 aromatic rings. The Bertz CT molecular complexity index is 1580. The highest BCUT2D eigenvalue weighted by Crippen LogP contribution is 2.38. The van der Waals surface area contributed by atoms with Crippen molar-refractivity contribution in [3.8, 4) is 45.0 Å². The van der Waals surface area contributed by atoms with E-state index in [1.54, 1.807) is 60.7 Å². The molecule has 2 aromatic heterocycles. The molecule has 6 rings (SSSR count). The van der Waals surface area contributed by atoms with Crippen molar-refractivity contribution in [2.75, 3.05) is 0 Å². The van der Waals surface area contributed by atoms with Crippen molar-refractivity contribution in [1.82, 2.24) is 19.9 Å². The summed E-state index contributed by atoms with van der Waals surface area (Å²) in [6.07, 6.45) is 0. The Morgan fingerprint density at radius 1 is 0.333 bits per heavy atom. The van der Waals surface area contributed by atoms with E-state index in [4.69, 9.17) is 0 Å². The van der Waals surface area contributed by atoms with Crippen molar-refractivity contribution in [2.24, 2.45) is 0 Å². The summed E-state index contributed by atoms with van der Waals surface area (Å²) in [5, 5.41) is 0.750. The third-order valence-electron chi connectivity index (χ3n) is 6.16. The fourth-order valence-corrected chi connectivity index (χ4v) is 5.66. The molecule has 0 saturated carbocycles. The van der Waals surface area contributed by atoms with Gasteiger partial charge in [0.2, 0.25) is 0 Å². The molecule has 0 N–H and O–H groups in total. The monoisotopic (exact) mass is 598 g/mol. The van der Waals surface area contributed by atoms with E-state index < -0.39 is 0 Å². The molecule has 0 spiro atoms. The van der Waals surface area contributed by atoms with Crippen LogP contribution in [0.4, 0.5) is 17.6 Å². The van der Waals surface area contributed by atoms with E-state index in [9.17, 15) is 17.6 Å². The summed E-state index contributed by atoms with van der Waals surface area (Å²) >= 11 is 0. The average molecular weight is 599 g/mol. The Labute approximate surface area is 246 Å². The number of benzene rings is 4. The smallest absolute Gasteiger partial charge is 0.199 e. The number of halogens is 4. The first kappa shape index (κ1) is 27.6. The van der Waals surface area contributed by atoms with Crippen LogP contribution in [-0.2, 0) is 0 Å². The predicted octanol–water partition coefficient (Wildman–Crippen LogP) is 9.29. The lowest BCUT2D eigenvalue weighted by Crippen LogP contribution is -1.96. The number of hydrogen-bond donors (Lipinski definition) is 0. The maximum atomic E-state index is 13.6. The first-order valence-electron chi connectivity index (χ1n) is 12.6. The van der Waals surface area contributed by atoms with Gasteiger partial charge in [-0.25, -0.2) is 37.5 Å². The van der Waals surface area contributed by atoms with E-state index in [2.05, 4.69) is 19.9 Å². The molecule has 206 valence electrons. The first-order valence-corrected chi connectivity index (χ1v) is 14.7. The number of rotatable bonds is 7. The van der Waals surface area contributed by atoms with Crippen LogP contribution in [0.2, 0.25) is 0 Å². The second-order valence-electron chi connectivity index (χ2n) is 9.04. The number of aromatic nitrogens is 4. The van der Waals surface area contributed by atoms with E-state index in [-0.39, 0.29) is 23.3 Å². The second kappa shape index (κ2) is 12.1. The van der Waals surface area contributed by atoms with Crippen LogP contribution in [-0.4, -0.2) is 19.9 Å². The van der Waals surface area contributed by atoms with Crippen molar-refractivity contribution >= 4 is 21.6 Å². The maximum absolute atomic E-state index is 13.6. The Balaban J connectivity index is 1.37. The van der Waals surface area contributed by atoms with Crippen molar-refractivity contribution < 1.29 is 17.6 Å². The highest BCUT2D eigenvalue weighted by molar-refractivity contribution is 8.76. The van der Waals surface area contributed by atoms with Gasteiger partial charge in [-0.3, -0.25) is 0 Å². The standard InChI is InChI=1S/C32H18F4N4S2/c33-23-9-1-19(2-10-23)27-17-28(20-3-11-24(34)12-4-20)38-31(37-27)41-42-32-39-29(21-5-13-25(35)14-6-21)18-30(40-32)22-7-15-26(36)16-8-22/h1-18H. The number of hydrogen-bond acceptors (Lipinski definition) is 6. The molecule has 0 unspecified atom stereocenters. The van der Waals surface area contributed by atoms with Gasteiger partial charge >= 0.3 is 0 Å². The maximum Gasteiger partial charge on any atom is 0.199 e. The quantitative estimate of drug-likeness (QED) is 0.104. The minimum Gasteiger partial charge on any atom is -0.222 e. The van der Waals surface area contributed by atoms with Crippen LogP contribution in [0.1, 0.15) is 0 Å². The van der Waals surface area contributed by atoms with Crippen LogP contribution in [0.15, 0.2) is 120 Å². The van der Waals surface area contributed by atoms with E-state index >= 15 is 0 Å². The summed E-state index contributed by atoms with van der Waals surface area (Å²) < 4.78 is 54.4. The van der Waals surface area contributed by atoms with Crippen LogP contribution >= 0.6 is 21.6 Å². The van der Waals surface area contributed by atoms with E-state index in [1.165, 1.54) is 70.1 Å². The molecule has 0 bridgehead atoms. The van der Waals surface area contributed by atoms with Gasteiger partial charge in [0.05, 0.1) is 22.8 Å². The molecule has 0 fully saturated rings. The average Bonchev–Trinajstić information content (AvgIpc) is 3.01. The highest BCUT2D eigenvalue weighted by Gasteiger charge is 2.14. The van der Waals surface area contributed by atoms with Gasteiger partial charge < -0.3 is 0 Å². The third kappa shape index (κ3) is 6.50. The molecule has 42 heavy (non-hydrogen) atoms. The second-order valence-corrected chi connectivity index (χ2v) is 11.1. The molecule has 0 aliphatic heterocycles. The van der Waals surface area contributed by atoms with Gasteiger partial charge in [0, 0.05) is 22.3 Å². The molecule has 0 atom stereocenters. The van der Waals surface area contributed by atoms with Crippen molar-refractivity contribution in [2.45, 2.75) is 10.3 Å². The summed E-state index contributed by atoms with van der Waals surface area (Å²) in [6, 6.07) is 27.3. The fourth-order valence-electron chi connectivity index (χ4n) is 4.07. The molecule has 10 heteroatoms. The van der Waals surface area contributed by atoms with Gasteiger partial charge in [-0.15, -0.1) is 0 Å². The summed E-state index contributed by atoms with van der Waals surface area (Å²) in [5.41, 5.74) is 4.95. The summed E-state index contributed by atoms with van der Waals surface area (Å²) in [4.78, 5) is 18.7. The Morgan fingerprint density at radius 2 is 0.548 bits per heavy atom. The molecule has 4 aromatic carbocycles. The zero-order valence-electron chi connectivity index (χ0n) is 21.5. The summed E-state index contributed by atoms with van der Waals surface area (Å²) in [7, 11) is 2.42. The molecule has 0 aliphatic carbocycles. The zero-order chi connectivity index (χ0) is 29.1. The molecule has 0 saturated heterocycles. The lowest BCUT2D eigenvalue weighted by Gasteiger charge is -2.10. The van der Waals surface area contributed by atoms with E-state index in [0.29, 0.717) is 55.3 Å². The van der Waals surface area contributed by atoms with Crippen molar-refractivity contribution in [3.63, 3.8) is 0 Å². The Hall–Kier alpha value is -4.54. The molecular formula is C32H18F4N4S2. The highest BCUT2D eigenvalue weighted by atomic mass is 33.1. The van der Waals surface area contributed by atoms with Gasteiger partial charge in [0.1, 0.15) is 23.3 Å². The van der Waals surface area contributed by atoms with Gasteiger partial charge in [-0.2, -0.15) is 0 Å². The molecule has 4 nitrogen and oxygen atoms in total. The van der Waals surface area contributed by atoms with Crippen LogP contribution in [0.5, 0.6) is 0 Å². The fraction of sp³-hybridized carbons (Fsp3) is 0. The van der Waals surface area contributed by atoms with E-state index in [1.807, 2.05) is 0 Å². The number of nitrogens with zero attached hydrogens (tertiary/aromatic N) is 4. The summed E-state index contributed by atoms with van der Waals surface area (Å²) in [5.74, 6) is -1.47. The Kier molecular flexibility index (Phi) is 7.98. The minimum absolute atomic E-state index is 0.369. The molecule has 0 radical (unpaired) electrons. The van der Waals surface area contributed by atoms with Crippen molar-refractivity contribution in [1.29, 1.82) is 0 Å². The predicted molar refractivity (Wildman–Crippen MR) is 157 cm³/mol. The van der Waals surface area contributed by atoms with Gasteiger partial charge in [-0.05, 0) is 131 Å². The SMILES string of the molecule is Fc1ccc(-c2cc(-c3ccc(F)cc3)nc(SSc3nc(-c4ccc(F)cc4)cc(-c4ccc(F)cc4)n3)n2)cc1. The van der Waals surface area contributed by atoms with Crippen LogP contribution in [0, 0.1) is 23.3 Å². The Morgan fingerprint density at radius 3 is 0.762 bits per heavy atom. The topological polar surface area (TPSA) is 51.6 Å². The lowest BCUT2D eigenvalue weighted by atomic mass is 10.1. The molecule has 0 amide bonds. The molecule has 2 heterocycles. The zero-order valence-corrected chi connectivity index (χ0v) is 23.1.